The Balaban J connectivity index is 1.53. The number of anilines is 1. The number of hydrogen-bond acceptors (Lipinski definition) is 6. The SMILES string of the molecule is CC#CC(=O)N1CCCC(c2nn(-c3ccc(Oc4ccccc4)cc3)c3c(N)n[nH]c(=O)c23)C1. The predicted molar refractivity (Wildman–Crippen MR) is 132 cm³/mol. The van der Waals surface area contributed by atoms with Crippen molar-refractivity contribution >= 4 is 22.6 Å². The van der Waals surface area contributed by atoms with Crippen LogP contribution in [0, 0.1) is 11.8 Å². The Hall–Kier alpha value is -4.58. The number of nitrogens with one attached hydrogen (secondary N) is 1. The van der Waals surface area contributed by atoms with Crippen LogP contribution in [-0.2, 0) is 4.79 Å². The number of nitrogen functional groups attached to an aromatic ring is 1. The van der Waals surface area contributed by atoms with Crippen LogP contribution >= 0.6 is 0 Å². The van der Waals surface area contributed by atoms with E-state index < -0.39 is 0 Å². The number of likely N-dealkylation sites (tertiary alicyclic amines) is 1. The number of ether oxygens (including phenoxy) is 1. The number of carbonyl (C=O) groups is 1. The summed E-state index contributed by atoms with van der Waals surface area (Å²) in [5, 5.41) is 11.6. The first-order valence-electron chi connectivity index (χ1n) is 11.4. The maximum atomic E-state index is 12.9. The number of nitrogens with two attached hydrogens (primary N) is 1. The van der Waals surface area contributed by atoms with Gasteiger partial charge in [-0.05, 0) is 62.1 Å². The number of para-hydroxylation sites is 1. The summed E-state index contributed by atoms with van der Waals surface area (Å²) in [6.07, 6.45) is 1.58. The van der Waals surface area contributed by atoms with Crippen LogP contribution in [0.4, 0.5) is 5.82 Å². The number of nitrogens with zero attached hydrogens (tertiary/aromatic N) is 4. The molecular weight excluding hydrogens is 444 g/mol. The van der Waals surface area contributed by atoms with E-state index in [0.717, 1.165) is 18.6 Å². The van der Waals surface area contributed by atoms with Gasteiger partial charge < -0.3 is 15.4 Å². The highest BCUT2D eigenvalue weighted by molar-refractivity contribution is 5.94. The van der Waals surface area contributed by atoms with Crippen molar-refractivity contribution < 1.29 is 9.53 Å². The molecule has 0 aliphatic carbocycles. The van der Waals surface area contributed by atoms with Crippen molar-refractivity contribution in [1.29, 1.82) is 0 Å². The van der Waals surface area contributed by atoms with E-state index in [-0.39, 0.29) is 23.2 Å². The molecule has 9 nitrogen and oxygen atoms in total. The summed E-state index contributed by atoms with van der Waals surface area (Å²) in [5.41, 5.74) is 7.59. The zero-order chi connectivity index (χ0) is 24.4. The number of amides is 1. The lowest BCUT2D eigenvalue weighted by Crippen LogP contribution is -2.38. The van der Waals surface area contributed by atoms with Crippen LogP contribution in [0.3, 0.4) is 0 Å². The van der Waals surface area contributed by atoms with Crippen LogP contribution in [0.25, 0.3) is 16.6 Å². The molecule has 1 aliphatic rings. The lowest BCUT2D eigenvalue weighted by molar-refractivity contribution is -0.126. The van der Waals surface area contributed by atoms with Gasteiger partial charge in [0, 0.05) is 19.0 Å². The van der Waals surface area contributed by atoms with Crippen LogP contribution < -0.4 is 16.0 Å². The molecule has 0 spiro atoms. The third-order valence-corrected chi connectivity index (χ3v) is 6.05. The summed E-state index contributed by atoms with van der Waals surface area (Å²) < 4.78 is 7.52. The molecule has 0 bridgehead atoms. The van der Waals surface area contributed by atoms with Crippen molar-refractivity contribution in [3.05, 3.63) is 70.6 Å². The van der Waals surface area contributed by atoms with Gasteiger partial charge in [-0.15, -0.1) is 0 Å². The molecule has 1 unspecified atom stereocenters. The number of aromatic nitrogens is 4. The first-order chi connectivity index (χ1) is 17.0. The third kappa shape index (κ3) is 4.34. The second-order valence-electron chi connectivity index (χ2n) is 8.33. The molecule has 5 rings (SSSR count). The minimum Gasteiger partial charge on any atom is -0.457 e. The first-order valence-corrected chi connectivity index (χ1v) is 11.4. The van der Waals surface area contributed by atoms with Gasteiger partial charge in [0.1, 0.15) is 17.0 Å². The third-order valence-electron chi connectivity index (χ3n) is 6.05. The molecule has 2 aromatic carbocycles. The number of H-pyrrole nitrogens is 1. The molecule has 1 atom stereocenters. The van der Waals surface area contributed by atoms with Crippen molar-refractivity contribution in [1.82, 2.24) is 24.9 Å². The van der Waals surface area contributed by atoms with Gasteiger partial charge in [-0.1, -0.05) is 24.1 Å². The zero-order valence-electron chi connectivity index (χ0n) is 19.2. The van der Waals surface area contributed by atoms with E-state index in [0.29, 0.717) is 41.1 Å². The van der Waals surface area contributed by atoms with Crippen molar-refractivity contribution in [2.75, 3.05) is 18.8 Å². The van der Waals surface area contributed by atoms with E-state index in [1.165, 1.54) is 0 Å². The van der Waals surface area contributed by atoms with Crippen LogP contribution in [0.1, 0.15) is 31.4 Å². The lowest BCUT2D eigenvalue weighted by Gasteiger charge is -2.30. The fraction of sp³-hybridized carbons (Fsp3) is 0.231. The molecular formula is C26H24N6O3. The van der Waals surface area contributed by atoms with Crippen molar-refractivity contribution in [2.45, 2.75) is 25.7 Å². The van der Waals surface area contributed by atoms with E-state index in [1.54, 1.807) is 16.5 Å². The fourth-order valence-electron chi connectivity index (χ4n) is 4.44. The maximum Gasteiger partial charge on any atom is 0.298 e. The van der Waals surface area contributed by atoms with E-state index >= 15 is 0 Å². The van der Waals surface area contributed by atoms with Gasteiger partial charge in [0.2, 0.25) is 0 Å². The predicted octanol–water partition coefficient (Wildman–Crippen LogP) is 3.21. The Bertz CT molecular complexity index is 1500. The van der Waals surface area contributed by atoms with Gasteiger partial charge in [-0.2, -0.15) is 10.2 Å². The number of fused-ring (bicyclic) bond motifs is 1. The van der Waals surface area contributed by atoms with Crippen LogP contribution in [0.15, 0.2) is 59.4 Å². The number of piperidine rings is 1. The smallest absolute Gasteiger partial charge is 0.298 e. The molecule has 176 valence electrons. The molecule has 3 heterocycles. The molecule has 1 fully saturated rings. The van der Waals surface area contributed by atoms with Gasteiger partial charge in [-0.25, -0.2) is 9.78 Å². The molecule has 0 saturated carbocycles. The largest absolute Gasteiger partial charge is 0.457 e. The topological polar surface area (TPSA) is 119 Å². The average molecular weight is 469 g/mol. The van der Waals surface area contributed by atoms with Crippen LogP contribution in [-0.4, -0.2) is 43.9 Å². The maximum absolute atomic E-state index is 12.9. The molecule has 3 N–H and O–H groups in total. The molecule has 35 heavy (non-hydrogen) atoms. The van der Waals surface area contributed by atoms with Gasteiger partial charge in [0.15, 0.2) is 5.82 Å². The molecule has 1 aliphatic heterocycles. The first kappa shape index (κ1) is 22.2. The van der Waals surface area contributed by atoms with Crippen molar-refractivity contribution in [2.24, 2.45) is 0 Å². The minimum atomic E-state index is -0.365. The van der Waals surface area contributed by atoms with E-state index in [4.69, 9.17) is 15.6 Å². The summed E-state index contributed by atoms with van der Waals surface area (Å²) in [7, 11) is 0. The second-order valence-corrected chi connectivity index (χ2v) is 8.33. The number of aromatic amines is 1. The Kier molecular flexibility index (Phi) is 5.94. The summed E-state index contributed by atoms with van der Waals surface area (Å²) in [6, 6.07) is 16.9. The molecule has 2 aromatic heterocycles. The summed E-state index contributed by atoms with van der Waals surface area (Å²) in [6.45, 7) is 2.71. The monoisotopic (exact) mass is 468 g/mol. The molecule has 9 heteroatoms. The number of rotatable bonds is 4. The number of hydrogen-bond donors (Lipinski definition) is 2. The van der Waals surface area contributed by atoms with E-state index in [9.17, 15) is 9.59 Å². The molecule has 1 amide bonds. The van der Waals surface area contributed by atoms with Gasteiger partial charge in [-0.3, -0.25) is 9.59 Å². The van der Waals surface area contributed by atoms with E-state index in [1.807, 2.05) is 54.6 Å². The van der Waals surface area contributed by atoms with E-state index in [2.05, 4.69) is 22.0 Å². The normalized spacial score (nSPS) is 15.5. The highest BCUT2D eigenvalue weighted by Gasteiger charge is 2.30. The van der Waals surface area contributed by atoms with Crippen molar-refractivity contribution in [3.8, 4) is 29.0 Å². The quantitative estimate of drug-likeness (QED) is 0.444. The van der Waals surface area contributed by atoms with Gasteiger partial charge in [0.25, 0.3) is 11.5 Å². The van der Waals surface area contributed by atoms with Crippen molar-refractivity contribution in [3.63, 3.8) is 0 Å². The van der Waals surface area contributed by atoms with Crippen LogP contribution in [0.2, 0.25) is 0 Å². The number of benzene rings is 2. The van der Waals surface area contributed by atoms with Crippen LogP contribution in [0.5, 0.6) is 11.5 Å². The Labute approximate surface area is 201 Å². The lowest BCUT2D eigenvalue weighted by atomic mass is 9.93. The summed E-state index contributed by atoms with van der Waals surface area (Å²) in [5.74, 6) is 6.48. The average Bonchev–Trinajstić information content (AvgIpc) is 3.30. The second kappa shape index (κ2) is 9.35. The van der Waals surface area contributed by atoms with Gasteiger partial charge >= 0.3 is 0 Å². The standard InChI is InChI=1S/C26H24N6O3/c1-2-7-21(33)31-15-6-8-17(16-31)23-22-24(25(27)28-29-26(22)34)32(30-23)18-11-13-20(14-12-18)35-19-9-4-3-5-10-19/h3-5,9-14,17H,6,8,15-16H2,1H3,(H2,27,28)(H,29,34). The Morgan fingerprint density at radius 2 is 1.89 bits per heavy atom. The molecule has 4 aromatic rings. The Morgan fingerprint density at radius 3 is 2.63 bits per heavy atom. The zero-order valence-corrected chi connectivity index (χ0v) is 19.2. The fourth-order valence-corrected chi connectivity index (χ4v) is 4.44. The molecule has 0 radical (unpaired) electrons. The number of carbonyl (C=O) groups excluding carboxylic acids is 1. The Morgan fingerprint density at radius 1 is 1.14 bits per heavy atom. The highest BCUT2D eigenvalue weighted by Crippen LogP contribution is 2.33. The minimum absolute atomic E-state index is 0.126. The summed E-state index contributed by atoms with van der Waals surface area (Å²) in [4.78, 5) is 26.9. The molecule has 1 saturated heterocycles. The summed E-state index contributed by atoms with van der Waals surface area (Å²) >= 11 is 0. The van der Waals surface area contributed by atoms with Gasteiger partial charge in [0.05, 0.1) is 16.8 Å². The highest BCUT2D eigenvalue weighted by atomic mass is 16.5.